The van der Waals surface area contributed by atoms with E-state index in [1.54, 1.807) is 0 Å². The first kappa shape index (κ1) is 10.9. The molecule has 1 saturated carbocycles. The summed E-state index contributed by atoms with van der Waals surface area (Å²) in [6.45, 7) is 0. The van der Waals surface area contributed by atoms with Crippen LogP contribution in [0, 0.1) is 0 Å². The van der Waals surface area contributed by atoms with Crippen LogP contribution in [0.5, 0.6) is 0 Å². The van der Waals surface area contributed by atoms with E-state index < -0.39 is 0 Å². The van der Waals surface area contributed by atoms with E-state index in [1.807, 2.05) is 18.2 Å². The van der Waals surface area contributed by atoms with Crippen molar-refractivity contribution in [2.24, 2.45) is 0 Å². The SMILES string of the molecule is Nc1nc2cccc(Cl)c2n1C1CCCCC1. The first-order valence-corrected chi connectivity index (χ1v) is 6.57. The van der Waals surface area contributed by atoms with Crippen molar-refractivity contribution in [1.82, 2.24) is 9.55 Å². The molecule has 0 aliphatic heterocycles. The summed E-state index contributed by atoms with van der Waals surface area (Å²) in [5, 5.41) is 0.747. The topological polar surface area (TPSA) is 43.8 Å². The number of nitrogen functional groups attached to an aromatic ring is 1. The number of benzene rings is 1. The van der Waals surface area contributed by atoms with Crippen molar-refractivity contribution in [2.45, 2.75) is 38.1 Å². The van der Waals surface area contributed by atoms with E-state index in [1.165, 1.54) is 32.1 Å². The molecular formula is C13H16ClN3. The Hall–Kier alpha value is -1.22. The van der Waals surface area contributed by atoms with Gasteiger partial charge < -0.3 is 10.3 Å². The highest BCUT2D eigenvalue weighted by Crippen LogP contribution is 2.35. The van der Waals surface area contributed by atoms with Crippen molar-refractivity contribution in [1.29, 1.82) is 0 Å². The predicted octanol–water partition coefficient (Wildman–Crippen LogP) is 3.78. The standard InChI is InChI=1S/C13H16ClN3/c14-10-7-4-8-11-12(10)17(13(15)16-11)9-5-2-1-3-6-9/h4,7-9H,1-3,5-6H2,(H2,15,16). The molecular weight excluding hydrogens is 234 g/mol. The number of para-hydroxylation sites is 1. The van der Waals surface area contributed by atoms with Gasteiger partial charge in [-0.25, -0.2) is 4.98 Å². The lowest BCUT2D eigenvalue weighted by Gasteiger charge is -2.24. The van der Waals surface area contributed by atoms with Gasteiger partial charge in [-0.3, -0.25) is 0 Å². The molecule has 2 N–H and O–H groups in total. The molecule has 2 aromatic rings. The summed E-state index contributed by atoms with van der Waals surface area (Å²) >= 11 is 6.28. The zero-order chi connectivity index (χ0) is 11.8. The fourth-order valence-electron chi connectivity index (χ4n) is 2.83. The van der Waals surface area contributed by atoms with Gasteiger partial charge in [-0.2, -0.15) is 0 Å². The molecule has 90 valence electrons. The highest BCUT2D eigenvalue weighted by molar-refractivity contribution is 6.35. The number of imidazole rings is 1. The van der Waals surface area contributed by atoms with Crippen LogP contribution in [0.3, 0.4) is 0 Å². The first-order valence-electron chi connectivity index (χ1n) is 6.19. The molecule has 0 atom stereocenters. The smallest absolute Gasteiger partial charge is 0.201 e. The van der Waals surface area contributed by atoms with Crippen LogP contribution in [0.2, 0.25) is 5.02 Å². The Bertz CT molecular complexity index is 541. The Morgan fingerprint density at radius 3 is 2.76 bits per heavy atom. The maximum atomic E-state index is 6.28. The van der Waals surface area contributed by atoms with Gasteiger partial charge in [-0.15, -0.1) is 0 Å². The average Bonchev–Trinajstić information content (AvgIpc) is 2.68. The van der Waals surface area contributed by atoms with Crippen molar-refractivity contribution in [3.8, 4) is 0 Å². The number of nitrogens with zero attached hydrogens (tertiary/aromatic N) is 2. The fourth-order valence-corrected chi connectivity index (χ4v) is 3.09. The van der Waals surface area contributed by atoms with Crippen LogP contribution >= 0.6 is 11.6 Å². The van der Waals surface area contributed by atoms with Crippen LogP contribution < -0.4 is 5.73 Å². The van der Waals surface area contributed by atoms with Gasteiger partial charge in [-0.1, -0.05) is 36.9 Å². The van der Waals surface area contributed by atoms with Gasteiger partial charge >= 0.3 is 0 Å². The van der Waals surface area contributed by atoms with Crippen LogP contribution in [0.25, 0.3) is 11.0 Å². The molecule has 0 spiro atoms. The van der Waals surface area contributed by atoms with Gasteiger partial charge in [0.25, 0.3) is 0 Å². The minimum Gasteiger partial charge on any atom is -0.369 e. The summed E-state index contributed by atoms with van der Waals surface area (Å²) in [6, 6.07) is 6.26. The quantitative estimate of drug-likeness (QED) is 0.836. The summed E-state index contributed by atoms with van der Waals surface area (Å²) in [5.41, 5.74) is 7.95. The Morgan fingerprint density at radius 2 is 2.00 bits per heavy atom. The Morgan fingerprint density at radius 1 is 1.24 bits per heavy atom. The largest absolute Gasteiger partial charge is 0.369 e. The third-order valence-corrected chi connectivity index (χ3v) is 3.93. The van der Waals surface area contributed by atoms with Gasteiger partial charge in [0.1, 0.15) is 0 Å². The molecule has 0 bridgehead atoms. The van der Waals surface area contributed by atoms with Crippen molar-refractivity contribution < 1.29 is 0 Å². The van der Waals surface area contributed by atoms with E-state index >= 15 is 0 Å². The van der Waals surface area contributed by atoms with Crippen LogP contribution in [0.1, 0.15) is 38.1 Å². The Kier molecular flexibility index (Phi) is 2.71. The van der Waals surface area contributed by atoms with Crippen LogP contribution in [-0.2, 0) is 0 Å². The van der Waals surface area contributed by atoms with Gasteiger partial charge in [0, 0.05) is 6.04 Å². The molecule has 3 rings (SSSR count). The summed E-state index contributed by atoms with van der Waals surface area (Å²) in [6.07, 6.45) is 6.24. The number of hydrogen-bond donors (Lipinski definition) is 1. The summed E-state index contributed by atoms with van der Waals surface area (Å²) < 4.78 is 2.14. The molecule has 1 fully saturated rings. The van der Waals surface area contributed by atoms with E-state index in [4.69, 9.17) is 17.3 Å². The molecule has 1 aliphatic rings. The normalized spacial score (nSPS) is 17.7. The molecule has 0 unspecified atom stereocenters. The minimum absolute atomic E-state index is 0.466. The molecule has 3 nitrogen and oxygen atoms in total. The fraction of sp³-hybridized carbons (Fsp3) is 0.462. The molecule has 0 saturated heterocycles. The first-order chi connectivity index (χ1) is 8.27. The monoisotopic (exact) mass is 249 g/mol. The molecule has 4 heteroatoms. The lowest BCUT2D eigenvalue weighted by Crippen LogP contribution is -2.15. The van der Waals surface area contributed by atoms with Crippen molar-refractivity contribution >= 4 is 28.6 Å². The van der Waals surface area contributed by atoms with Gasteiger partial charge in [0.05, 0.1) is 16.1 Å². The number of anilines is 1. The van der Waals surface area contributed by atoms with E-state index in [9.17, 15) is 0 Å². The lowest BCUT2D eigenvalue weighted by atomic mass is 9.95. The van der Waals surface area contributed by atoms with Gasteiger partial charge in [0.2, 0.25) is 5.95 Å². The second kappa shape index (κ2) is 4.22. The average molecular weight is 250 g/mol. The van der Waals surface area contributed by atoms with E-state index in [0.717, 1.165) is 16.1 Å². The molecule has 1 aromatic carbocycles. The zero-order valence-electron chi connectivity index (χ0n) is 9.69. The number of hydrogen-bond acceptors (Lipinski definition) is 2. The molecule has 0 amide bonds. The van der Waals surface area contributed by atoms with Crippen LogP contribution in [0.4, 0.5) is 5.95 Å². The number of halogens is 1. The second-order valence-electron chi connectivity index (χ2n) is 4.74. The molecule has 1 heterocycles. The van der Waals surface area contributed by atoms with Gasteiger partial charge in [0.15, 0.2) is 0 Å². The highest BCUT2D eigenvalue weighted by Gasteiger charge is 2.21. The van der Waals surface area contributed by atoms with Gasteiger partial charge in [-0.05, 0) is 25.0 Å². The minimum atomic E-state index is 0.466. The summed E-state index contributed by atoms with van der Waals surface area (Å²) in [7, 11) is 0. The maximum Gasteiger partial charge on any atom is 0.201 e. The lowest BCUT2D eigenvalue weighted by molar-refractivity contribution is 0.363. The van der Waals surface area contributed by atoms with E-state index in [2.05, 4.69) is 9.55 Å². The summed E-state index contributed by atoms with van der Waals surface area (Å²) in [4.78, 5) is 4.41. The van der Waals surface area contributed by atoms with E-state index in [-0.39, 0.29) is 0 Å². The third-order valence-electron chi connectivity index (χ3n) is 3.63. The second-order valence-corrected chi connectivity index (χ2v) is 5.15. The predicted molar refractivity (Wildman–Crippen MR) is 71.3 cm³/mol. The van der Waals surface area contributed by atoms with Crippen molar-refractivity contribution in [3.05, 3.63) is 23.2 Å². The van der Waals surface area contributed by atoms with Crippen molar-refractivity contribution in [3.63, 3.8) is 0 Å². The third kappa shape index (κ3) is 1.78. The maximum absolute atomic E-state index is 6.28. The molecule has 1 aromatic heterocycles. The Balaban J connectivity index is 2.16. The van der Waals surface area contributed by atoms with Crippen LogP contribution in [0.15, 0.2) is 18.2 Å². The number of fused-ring (bicyclic) bond motifs is 1. The zero-order valence-corrected chi connectivity index (χ0v) is 10.5. The van der Waals surface area contributed by atoms with Crippen LogP contribution in [-0.4, -0.2) is 9.55 Å². The highest BCUT2D eigenvalue weighted by atomic mass is 35.5. The molecule has 17 heavy (non-hydrogen) atoms. The molecule has 1 aliphatic carbocycles. The van der Waals surface area contributed by atoms with Crippen molar-refractivity contribution in [2.75, 3.05) is 5.73 Å². The molecule has 0 radical (unpaired) electrons. The Labute approximate surface area is 106 Å². The number of rotatable bonds is 1. The summed E-state index contributed by atoms with van der Waals surface area (Å²) in [5.74, 6) is 0.597. The number of aromatic nitrogens is 2. The van der Waals surface area contributed by atoms with E-state index in [0.29, 0.717) is 12.0 Å². The number of nitrogens with two attached hydrogens (primary N) is 1.